The summed E-state index contributed by atoms with van der Waals surface area (Å²) < 4.78 is 24.7. The van der Waals surface area contributed by atoms with Crippen LogP contribution in [0.15, 0.2) is 0 Å². The van der Waals surface area contributed by atoms with Crippen molar-refractivity contribution < 1.29 is 32.7 Å². The lowest BCUT2D eigenvalue weighted by atomic mass is 9.91. The van der Waals surface area contributed by atoms with Crippen LogP contribution < -0.4 is 11.1 Å². The third-order valence-corrected chi connectivity index (χ3v) is 10.2. The second kappa shape index (κ2) is 28.1. The van der Waals surface area contributed by atoms with Crippen molar-refractivity contribution in [2.24, 2.45) is 11.7 Å². The Morgan fingerprint density at radius 3 is 1.94 bits per heavy atom. The smallest absolute Gasteiger partial charge is 0.303 e. The Hall–Kier alpha value is -2.74. The van der Waals surface area contributed by atoms with Gasteiger partial charge in [0.15, 0.2) is 15.7 Å². The Balaban J connectivity index is 1.97. The van der Waals surface area contributed by atoms with E-state index < -0.39 is 21.6 Å². The van der Waals surface area contributed by atoms with Crippen LogP contribution in [0.5, 0.6) is 0 Å². The number of nitrogens with two attached hydrogens (primary N) is 1. The monoisotopic (exact) mass is 698 g/mol. The fraction of sp³-hybridized carbons (Fsp3) is 0.853. The lowest BCUT2D eigenvalue weighted by Crippen LogP contribution is -2.26. The molecule has 13 nitrogen and oxygen atoms in total. The Labute approximate surface area is 287 Å². The number of carboxylic acid groups (broad SMARTS) is 1. The van der Waals surface area contributed by atoms with Gasteiger partial charge >= 0.3 is 5.97 Å². The zero-order chi connectivity index (χ0) is 35.3. The largest absolute Gasteiger partial charge is 0.481 e. The van der Waals surface area contributed by atoms with Crippen molar-refractivity contribution in [1.82, 2.24) is 25.9 Å². The van der Waals surface area contributed by atoms with E-state index in [2.05, 4.69) is 25.9 Å². The molecular weight excluding hydrogens is 636 g/mol. The number of unbranched alkanes of at least 4 members (excludes halogenated alkanes) is 13. The number of aromatic amines is 1. The molecule has 0 unspecified atom stereocenters. The molecule has 1 heterocycles. The van der Waals surface area contributed by atoms with Crippen molar-refractivity contribution in [3.8, 4) is 0 Å². The molecule has 0 aliphatic carbocycles. The summed E-state index contributed by atoms with van der Waals surface area (Å²) in [4.78, 5) is 47.3. The van der Waals surface area contributed by atoms with Gasteiger partial charge in [0.05, 0.1) is 5.75 Å². The van der Waals surface area contributed by atoms with Crippen LogP contribution >= 0.6 is 0 Å². The molecule has 0 aromatic carbocycles. The van der Waals surface area contributed by atoms with Gasteiger partial charge in [-0.1, -0.05) is 82.3 Å². The standard InChI is InChI=1S/C34H62N6O7S/c35-25-24-29(31(42)20-16-23-34(44)45)18-14-15-26-36-33(43)22-17-27-48(46,47)28-30(41)19-12-10-8-6-4-2-1-3-5-7-9-11-13-21-32-37-39-40-38-32/h29H,1-28,35H2,(H,36,43)(H,44,45)(H,37,38,39,40)/t29-/m0/s1. The fourth-order valence-electron chi connectivity index (χ4n) is 5.80. The molecule has 5 N–H and O–H groups in total. The number of Topliss-reactive ketones (excluding diaryl/α,β-unsaturated/α-hetero) is 2. The van der Waals surface area contributed by atoms with Crippen molar-refractivity contribution in [2.75, 3.05) is 24.6 Å². The van der Waals surface area contributed by atoms with Gasteiger partial charge in [0.1, 0.15) is 17.3 Å². The quantitative estimate of drug-likeness (QED) is 0.0699. The Kier molecular flexibility index (Phi) is 25.4. The molecule has 0 bridgehead atoms. The third kappa shape index (κ3) is 25.3. The molecule has 0 aliphatic rings. The van der Waals surface area contributed by atoms with E-state index in [0.717, 1.165) is 50.8 Å². The second-order valence-electron chi connectivity index (χ2n) is 13.0. The first-order valence-electron chi connectivity index (χ1n) is 18.3. The van der Waals surface area contributed by atoms with E-state index in [1.165, 1.54) is 51.4 Å². The van der Waals surface area contributed by atoms with E-state index >= 15 is 0 Å². The van der Waals surface area contributed by atoms with E-state index in [0.29, 0.717) is 38.8 Å². The number of hydrogen-bond acceptors (Lipinski definition) is 10. The van der Waals surface area contributed by atoms with Gasteiger partial charge in [0.2, 0.25) is 5.91 Å². The van der Waals surface area contributed by atoms with Crippen LogP contribution in [0.2, 0.25) is 0 Å². The Morgan fingerprint density at radius 2 is 1.35 bits per heavy atom. The molecule has 276 valence electrons. The summed E-state index contributed by atoms with van der Waals surface area (Å²) >= 11 is 0. The molecule has 1 aromatic rings. The number of carbonyl (C=O) groups excluding carboxylic acids is 3. The van der Waals surface area contributed by atoms with Crippen LogP contribution in [0.1, 0.15) is 154 Å². The van der Waals surface area contributed by atoms with Gasteiger partial charge in [0.25, 0.3) is 0 Å². The second-order valence-corrected chi connectivity index (χ2v) is 15.2. The lowest BCUT2D eigenvalue weighted by molar-refractivity contribution is -0.137. The molecule has 48 heavy (non-hydrogen) atoms. The Bertz CT molecular complexity index is 1120. The number of aryl methyl sites for hydroxylation is 1. The van der Waals surface area contributed by atoms with E-state index in [1.54, 1.807) is 0 Å². The minimum atomic E-state index is -3.53. The number of carboxylic acids is 1. The number of carbonyl (C=O) groups is 4. The summed E-state index contributed by atoms with van der Waals surface area (Å²) in [5.74, 6) is -1.39. The Morgan fingerprint density at radius 1 is 0.729 bits per heavy atom. The van der Waals surface area contributed by atoms with Gasteiger partial charge in [-0.05, 0) is 51.5 Å². The summed E-state index contributed by atoms with van der Waals surface area (Å²) in [6.45, 7) is 0.813. The van der Waals surface area contributed by atoms with Gasteiger partial charge in [-0.15, -0.1) is 10.2 Å². The lowest BCUT2D eigenvalue weighted by Gasteiger charge is -2.15. The zero-order valence-electron chi connectivity index (χ0n) is 29.1. The summed E-state index contributed by atoms with van der Waals surface area (Å²) in [5, 5.41) is 25.5. The number of H-pyrrole nitrogens is 1. The third-order valence-electron chi connectivity index (χ3n) is 8.57. The van der Waals surface area contributed by atoms with Crippen molar-refractivity contribution in [1.29, 1.82) is 0 Å². The topological polar surface area (TPSA) is 215 Å². The van der Waals surface area contributed by atoms with E-state index in [1.807, 2.05) is 0 Å². The minimum Gasteiger partial charge on any atom is -0.481 e. The van der Waals surface area contributed by atoms with Crippen LogP contribution in [0, 0.1) is 5.92 Å². The van der Waals surface area contributed by atoms with Crippen LogP contribution in [0.25, 0.3) is 0 Å². The molecule has 0 saturated carbocycles. The first-order chi connectivity index (χ1) is 23.1. The molecular formula is C34H62N6O7S. The maximum absolute atomic E-state index is 12.4. The minimum absolute atomic E-state index is 0.0279. The number of hydrogen-bond donors (Lipinski definition) is 4. The zero-order valence-corrected chi connectivity index (χ0v) is 29.9. The molecule has 1 amide bonds. The number of nitrogens with one attached hydrogen (secondary N) is 2. The predicted octanol–water partition coefficient (Wildman–Crippen LogP) is 5.04. The van der Waals surface area contributed by atoms with Crippen molar-refractivity contribution in [3.05, 3.63) is 5.82 Å². The van der Waals surface area contributed by atoms with Crippen LogP contribution in [-0.2, 0) is 35.4 Å². The molecule has 0 saturated heterocycles. The fourth-order valence-corrected chi connectivity index (χ4v) is 7.16. The van der Waals surface area contributed by atoms with Crippen molar-refractivity contribution >= 4 is 33.3 Å². The maximum atomic E-state index is 12.4. The summed E-state index contributed by atoms with van der Waals surface area (Å²) in [6, 6.07) is 0. The van der Waals surface area contributed by atoms with Gasteiger partial charge < -0.3 is 16.2 Å². The maximum Gasteiger partial charge on any atom is 0.303 e. The van der Waals surface area contributed by atoms with Gasteiger partial charge in [-0.25, -0.2) is 8.42 Å². The highest BCUT2D eigenvalue weighted by Gasteiger charge is 2.18. The highest BCUT2D eigenvalue weighted by molar-refractivity contribution is 7.92. The number of rotatable bonds is 34. The number of aliphatic carboxylic acids is 1. The summed E-state index contributed by atoms with van der Waals surface area (Å²) in [6.07, 6.45) is 19.5. The number of nitrogens with zero attached hydrogens (tertiary/aromatic N) is 3. The number of tetrazole rings is 1. The van der Waals surface area contributed by atoms with Gasteiger partial charge in [-0.3, -0.25) is 19.2 Å². The van der Waals surface area contributed by atoms with Crippen LogP contribution in [0.4, 0.5) is 0 Å². The molecule has 1 rings (SSSR count). The highest BCUT2D eigenvalue weighted by Crippen LogP contribution is 2.17. The van der Waals surface area contributed by atoms with Gasteiger partial charge in [-0.2, -0.15) is 5.21 Å². The SMILES string of the molecule is NCC[C@H](CCCCNC(=O)CCCS(=O)(=O)CC(=O)CCCCCCCCCCCCCCCc1nn[nH]n1)C(=O)CCCC(=O)O. The first kappa shape index (κ1) is 43.3. The molecule has 0 radical (unpaired) electrons. The van der Waals surface area contributed by atoms with E-state index in [4.69, 9.17) is 10.8 Å². The van der Waals surface area contributed by atoms with E-state index in [-0.39, 0.29) is 61.2 Å². The van der Waals surface area contributed by atoms with E-state index in [9.17, 15) is 27.6 Å². The van der Waals surface area contributed by atoms with Crippen LogP contribution in [-0.4, -0.2) is 82.2 Å². The number of ketones is 2. The summed E-state index contributed by atoms with van der Waals surface area (Å²) in [5.41, 5.74) is 5.62. The number of aromatic nitrogens is 4. The number of sulfone groups is 1. The van der Waals surface area contributed by atoms with Crippen LogP contribution in [0.3, 0.4) is 0 Å². The van der Waals surface area contributed by atoms with Crippen molar-refractivity contribution in [3.63, 3.8) is 0 Å². The predicted molar refractivity (Wildman–Crippen MR) is 186 cm³/mol. The number of amides is 1. The first-order valence-corrected chi connectivity index (χ1v) is 20.1. The molecule has 0 aliphatic heterocycles. The highest BCUT2D eigenvalue weighted by atomic mass is 32.2. The molecule has 1 atom stereocenters. The normalized spacial score (nSPS) is 12.2. The average molecular weight is 699 g/mol. The average Bonchev–Trinajstić information content (AvgIpc) is 3.55. The molecule has 1 aromatic heterocycles. The molecule has 14 heteroatoms. The molecule has 0 fully saturated rings. The van der Waals surface area contributed by atoms with Gasteiger partial charge in [0, 0.05) is 44.6 Å². The summed E-state index contributed by atoms with van der Waals surface area (Å²) in [7, 11) is -3.53. The van der Waals surface area contributed by atoms with Crippen molar-refractivity contribution in [2.45, 2.75) is 154 Å². The molecule has 0 spiro atoms.